The monoisotopic (exact) mass is 383 g/mol. The van der Waals surface area contributed by atoms with Gasteiger partial charge in [0.2, 0.25) is 0 Å². The lowest BCUT2D eigenvalue weighted by molar-refractivity contribution is -0.140. The summed E-state index contributed by atoms with van der Waals surface area (Å²) >= 11 is 3.45. The van der Waals surface area contributed by atoms with E-state index in [0.717, 1.165) is 36.4 Å². The van der Waals surface area contributed by atoms with Crippen molar-refractivity contribution in [3.05, 3.63) is 34.3 Å². The van der Waals surface area contributed by atoms with Crippen LogP contribution in [0.1, 0.15) is 31.7 Å². The van der Waals surface area contributed by atoms with Gasteiger partial charge in [-0.25, -0.2) is 0 Å². The second kappa shape index (κ2) is 11.0. The van der Waals surface area contributed by atoms with Crippen LogP contribution in [0.2, 0.25) is 0 Å². The molecule has 0 spiro atoms. The summed E-state index contributed by atoms with van der Waals surface area (Å²) in [5, 5.41) is 3.30. The largest absolute Gasteiger partial charge is 0.469 e. The molecule has 0 radical (unpaired) electrons. The SMILES string of the molecule is CCNC(=NCCCCC(=O)OC)N(C)Cc1ccc(Br)cc1. The highest BCUT2D eigenvalue weighted by molar-refractivity contribution is 9.10. The zero-order chi connectivity index (χ0) is 17.1. The Balaban J connectivity index is 2.49. The van der Waals surface area contributed by atoms with Gasteiger partial charge in [0.25, 0.3) is 0 Å². The summed E-state index contributed by atoms with van der Waals surface area (Å²) in [7, 11) is 3.44. The molecule has 0 atom stereocenters. The summed E-state index contributed by atoms with van der Waals surface area (Å²) < 4.78 is 5.71. The first-order valence-corrected chi connectivity index (χ1v) is 8.66. The molecule has 0 saturated carbocycles. The van der Waals surface area contributed by atoms with E-state index in [1.165, 1.54) is 12.7 Å². The van der Waals surface area contributed by atoms with Gasteiger partial charge in [-0.3, -0.25) is 9.79 Å². The molecule has 0 bridgehead atoms. The molecule has 128 valence electrons. The predicted molar refractivity (Wildman–Crippen MR) is 97.5 cm³/mol. The smallest absolute Gasteiger partial charge is 0.305 e. The summed E-state index contributed by atoms with van der Waals surface area (Å²) in [5.74, 6) is 0.724. The second-order valence-electron chi connectivity index (χ2n) is 5.25. The fourth-order valence-electron chi connectivity index (χ4n) is 2.08. The van der Waals surface area contributed by atoms with Crippen molar-refractivity contribution in [1.82, 2.24) is 10.2 Å². The average Bonchev–Trinajstić information content (AvgIpc) is 2.55. The van der Waals surface area contributed by atoms with Crippen LogP contribution in [0.4, 0.5) is 0 Å². The van der Waals surface area contributed by atoms with Crippen LogP contribution in [0, 0.1) is 0 Å². The van der Waals surface area contributed by atoms with Crippen LogP contribution in [0.25, 0.3) is 0 Å². The van der Waals surface area contributed by atoms with Crippen molar-refractivity contribution >= 4 is 27.9 Å². The van der Waals surface area contributed by atoms with E-state index in [4.69, 9.17) is 0 Å². The van der Waals surface area contributed by atoms with Crippen molar-refractivity contribution in [2.45, 2.75) is 32.7 Å². The number of nitrogens with one attached hydrogen (secondary N) is 1. The van der Waals surface area contributed by atoms with Gasteiger partial charge in [-0.15, -0.1) is 0 Å². The van der Waals surface area contributed by atoms with E-state index in [1.807, 2.05) is 19.2 Å². The third-order valence-corrected chi connectivity index (χ3v) is 3.84. The number of halogens is 1. The van der Waals surface area contributed by atoms with Gasteiger partial charge in [0.1, 0.15) is 0 Å². The number of guanidine groups is 1. The first-order chi connectivity index (χ1) is 11.1. The number of hydrogen-bond acceptors (Lipinski definition) is 3. The highest BCUT2D eigenvalue weighted by Gasteiger charge is 2.06. The Morgan fingerprint density at radius 2 is 2.00 bits per heavy atom. The molecular formula is C17H26BrN3O2. The number of esters is 1. The summed E-state index contributed by atoms with van der Waals surface area (Å²) in [4.78, 5) is 17.8. The Morgan fingerprint density at radius 3 is 2.61 bits per heavy atom. The Hall–Kier alpha value is -1.56. The molecule has 1 N–H and O–H groups in total. The maximum atomic E-state index is 11.1. The fourth-order valence-corrected chi connectivity index (χ4v) is 2.34. The van der Waals surface area contributed by atoms with Gasteiger partial charge in [0.15, 0.2) is 5.96 Å². The summed E-state index contributed by atoms with van der Waals surface area (Å²) in [6, 6.07) is 8.28. The Kier molecular flexibility index (Phi) is 9.36. The number of ether oxygens (including phenoxy) is 1. The van der Waals surface area contributed by atoms with Crippen molar-refractivity contribution in [2.75, 3.05) is 27.2 Å². The number of nitrogens with zero attached hydrogens (tertiary/aromatic N) is 2. The zero-order valence-electron chi connectivity index (χ0n) is 14.1. The quantitative estimate of drug-likeness (QED) is 0.324. The van der Waals surface area contributed by atoms with Crippen molar-refractivity contribution < 1.29 is 9.53 Å². The number of carbonyl (C=O) groups excluding carboxylic acids is 1. The van der Waals surface area contributed by atoms with Crippen LogP contribution in [0.3, 0.4) is 0 Å². The van der Waals surface area contributed by atoms with Crippen LogP contribution in [-0.4, -0.2) is 44.1 Å². The van der Waals surface area contributed by atoms with Crippen LogP contribution in [0.5, 0.6) is 0 Å². The summed E-state index contributed by atoms with van der Waals surface area (Å²) in [6.07, 6.45) is 2.12. The van der Waals surface area contributed by atoms with Crippen LogP contribution >= 0.6 is 15.9 Å². The number of aliphatic imine (C=N–C) groups is 1. The van der Waals surface area contributed by atoms with E-state index in [2.05, 4.69) is 54.9 Å². The maximum absolute atomic E-state index is 11.1. The van der Waals surface area contributed by atoms with Crippen molar-refractivity contribution in [1.29, 1.82) is 0 Å². The lowest BCUT2D eigenvalue weighted by Crippen LogP contribution is -2.38. The summed E-state index contributed by atoms with van der Waals surface area (Å²) in [5.41, 5.74) is 1.23. The molecule has 1 aromatic rings. The van der Waals surface area contributed by atoms with E-state index in [-0.39, 0.29) is 5.97 Å². The molecule has 23 heavy (non-hydrogen) atoms. The molecule has 0 aliphatic rings. The standard InChI is InChI=1S/C17H26BrN3O2/c1-4-19-17(20-12-6-5-7-16(22)23-3)21(2)13-14-8-10-15(18)11-9-14/h8-11H,4-7,12-13H2,1-3H3,(H,19,20). The van der Waals surface area contributed by atoms with Gasteiger partial charge < -0.3 is 15.0 Å². The topological polar surface area (TPSA) is 53.9 Å². The van der Waals surface area contributed by atoms with Gasteiger partial charge in [0, 0.05) is 37.6 Å². The first kappa shape index (κ1) is 19.5. The lowest BCUT2D eigenvalue weighted by Gasteiger charge is -2.22. The molecule has 0 heterocycles. The molecule has 0 unspecified atom stereocenters. The molecular weight excluding hydrogens is 358 g/mol. The average molecular weight is 384 g/mol. The lowest BCUT2D eigenvalue weighted by atomic mass is 10.2. The van der Waals surface area contributed by atoms with E-state index in [9.17, 15) is 4.79 Å². The number of methoxy groups -OCH3 is 1. The summed E-state index contributed by atoms with van der Waals surface area (Å²) in [6.45, 7) is 4.37. The van der Waals surface area contributed by atoms with Gasteiger partial charge in [-0.2, -0.15) is 0 Å². The Bertz CT molecular complexity index is 503. The number of unbranched alkanes of at least 4 members (excludes halogenated alkanes) is 1. The van der Waals surface area contributed by atoms with E-state index >= 15 is 0 Å². The molecule has 0 amide bonds. The number of carbonyl (C=O) groups is 1. The number of hydrogen-bond donors (Lipinski definition) is 1. The molecule has 0 aliphatic heterocycles. The minimum atomic E-state index is -0.159. The highest BCUT2D eigenvalue weighted by atomic mass is 79.9. The minimum Gasteiger partial charge on any atom is -0.469 e. The Morgan fingerprint density at radius 1 is 1.30 bits per heavy atom. The number of rotatable bonds is 8. The van der Waals surface area contributed by atoms with Gasteiger partial charge in [0.05, 0.1) is 7.11 Å². The minimum absolute atomic E-state index is 0.159. The van der Waals surface area contributed by atoms with Crippen LogP contribution < -0.4 is 5.32 Å². The molecule has 0 aromatic heterocycles. The Labute approximate surface area is 147 Å². The third kappa shape index (κ3) is 8.02. The normalized spacial score (nSPS) is 11.2. The van der Waals surface area contributed by atoms with Gasteiger partial charge >= 0.3 is 5.97 Å². The maximum Gasteiger partial charge on any atom is 0.305 e. The van der Waals surface area contributed by atoms with Gasteiger partial charge in [-0.1, -0.05) is 28.1 Å². The first-order valence-electron chi connectivity index (χ1n) is 7.87. The fraction of sp³-hybridized carbons (Fsp3) is 0.529. The molecule has 5 nitrogen and oxygen atoms in total. The number of benzene rings is 1. The molecule has 0 aliphatic carbocycles. The van der Waals surface area contributed by atoms with Crippen molar-refractivity contribution in [3.63, 3.8) is 0 Å². The third-order valence-electron chi connectivity index (χ3n) is 3.31. The van der Waals surface area contributed by atoms with Crippen LogP contribution in [0.15, 0.2) is 33.7 Å². The van der Waals surface area contributed by atoms with E-state index < -0.39 is 0 Å². The molecule has 0 saturated heterocycles. The molecule has 1 rings (SSSR count). The zero-order valence-corrected chi connectivity index (χ0v) is 15.7. The highest BCUT2D eigenvalue weighted by Crippen LogP contribution is 2.11. The van der Waals surface area contributed by atoms with E-state index in [0.29, 0.717) is 13.0 Å². The predicted octanol–water partition coefficient (Wildman–Crippen LogP) is 3.19. The van der Waals surface area contributed by atoms with Crippen LogP contribution in [-0.2, 0) is 16.1 Å². The molecule has 1 aromatic carbocycles. The van der Waals surface area contributed by atoms with Gasteiger partial charge in [-0.05, 0) is 37.5 Å². The van der Waals surface area contributed by atoms with E-state index in [1.54, 1.807) is 0 Å². The van der Waals surface area contributed by atoms with Crippen molar-refractivity contribution in [2.24, 2.45) is 4.99 Å². The molecule has 0 fully saturated rings. The second-order valence-corrected chi connectivity index (χ2v) is 6.17. The molecule has 6 heteroatoms. The van der Waals surface area contributed by atoms with Crippen molar-refractivity contribution in [3.8, 4) is 0 Å².